The molecule has 1 aromatic heterocycles. The third kappa shape index (κ3) is 3.58. The Balaban J connectivity index is 1.54. The summed E-state index contributed by atoms with van der Waals surface area (Å²) in [6.45, 7) is 0.888. The quantitative estimate of drug-likeness (QED) is 0.657. The minimum absolute atomic E-state index is 0.0279. The summed E-state index contributed by atoms with van der Waals surface area (Å²) in [5.41, 5.74) is 2.89. The summed E-state index contributed by atoms with van der Waals surface area (Å²) in [6, 6.07) is 23.4. The lowest BCUT2D eigenvalue weighted by atomic mass is 9.71. The zero-order chi connectivity index (χ0) is 22.0. The van der Waals surface area contributed by atoms with Gasteiger partial charge in [0.05, 0.1) is 23.7 Å². The Morgan fingerprint density at radius 1 is 0.969 bits per heavy atom. The Morgan fingerprint density at radius 3 is 2.44 bits per heavy atom. The van der Waals surface area contributed by atoms with Gasteiger partial charge in [0.2, 0.25) is 5.91 Å². The standard InChI is InChI=1S/C27H27N3O2/c31-25(29-18-21-12-6-9-17-28-21)24-22-13-4-5-14-23(22)26(32)30(27(24)15-7-8-16-27)19-20-10-2-1-3-11-20/h1-6,9-14,17,24H,7-8,15-16,18-19H2,(H,29,31)/t24-/m0/s1. The van der Waals surface area contributed by atoms with Crippen LogP contribution in [0.5, 0.6) is 0 Å². The molecule has 32 heavy (non-hydrogen) atoms. The second kappa shape index (κ2) is 8.58. The molecule has 1 spiro atoms. The molecule has 2 heterocycles. The van der Waals surface area contributed by atoms with Gasteiger partial charge in [0.25, 0.3) is 5.91 Å². The number of hydrogen-bond donors (Lipinski definition) is 1. The lowest BCUT2D eigenvalue weighted by Gasteiger charge is -2.50. The maximum absolute atomic E-state index is 13.7. The van der Waals surface area contributed by atoms with E-state index in [2.05, 4.69) is 10.3 Å². The predicted octanol–water partition coefficient (Wildman–Crippen LogP) is 4.45. The van der Waals surface area contributed by atoms with Crippen LogP contribution in [0.15, 0.2) is 79.0 Å². The zero-order valence-electron chi connectivity index (χ0n) is 18.0. The normalized spacial score (nSPS) is 19.1. The number of aromatic nitrogens is 1. The first-order valence-electron chi connectivity index (χ1n) is 11.3. The van der Waals surface area contributed by atoms with Crippen LogP contribution in [-0.4, -0.2) is 27.2 Å². The Morgan fingerprint density at radius 2 is 1.69 bits per heavy atom. The van der Waals surface area contributed by atoms with Gasteiger partial charge < -0.3 is 10.2 Å². The molecule has 1 saturated carbocycles. The molecule has 3 aromatic rings. The van der Waals surface area contributed by atoms with Gasteiger partial charge in [-0.15, -0.1) is 0 Å². The minimum atomic E-state index is -0.504. The van der Waals surface area contributed by atoms with E-state index in [4.69, 9.17) is 0 Å². The molecule has 1 N–H and O–H groups in total. The Hall–Kier alpha value is -3.47. The molecule has 2 aromatic carbocycles. The first kappa shape index (κ1) is 20.4. The van der Waals surface area contributed by atoms with E-state index in [0.717, 1.165) is 42.5 Å². The Labute approximate surface area is 188 Å². The molecule has 1 atom stereocenters. The first-order valence-corrected chi connectivity index (χ1v) is 11.3. The molecular formula is C27H27N3O2. The molecule has 0 bridgehead atoms. The third-order valence-electron chi connectivity index (χ3n) is 6.91. The summed E-state index contributed by atoms with van der Waals surface area (Å²) in [7, 11) is 0. The van der Waals surface area contributed by atoms with E-state index in [1.807, 2.05) is 77.7 Å². The molecular weight excluding hydrogens is 398 g/mol. The third-order valence-corrected chi connectivity index (χ3v) is 6.91. The minimum Gasteiger partial charge on any atom is -0.350 e. The highest BCUT2D eigenvalue weighted by Crippen LogP contribution is 2.50. The molecule has 0 saturated heterocycles. The monoisotopic (exact) mass is 425 g/mol. The summed E-state index contributed by atoms with van der Waals surface area (Å²) in [5.74, 6) is -0.401. The number of rotatable bonds is 5. The van der Waals surface area contributed by atoms with Crippen molar-refractivity contribution in [3.05, 3.63) is 101 Å². The van der Waals surface area contributed by atoms with E-state index in [-0.39, 0.29) is 11.8 Å². The molecule has 5 rings (SSSR count). The number of fused-ring (bicyclic) bond motifs is 1. The Kier molecular flexibility index (Phi) is 5.48. The summed E-state index contributed by atoms with van der Waals surface area (Å²) in [6.07, 6.45) is 5.44. The molecule has 1 aliphatic heterocycles. The summed E-state index contributed by atoms with van der Waals surface area (Å²) in [4.78, 5) is 33.8. The van der Waals surface area contributed by atoms with Gasteiger partial charge in [-0.1, -0.05) is 67.4 Å². The predicted molar refractivity (Wildman–Crippen MR) is 123 cm³/mol. The number of nitrogens with one attached hydrogen (secondary N) is 1. The van der Waals surface area contributed by atoms with Crippen molar-refractivity contribution in [1.29, 1.82) is 0 Å². The van der Waals surface area contributed by atoms with E-state index >= 15 is 0 Å². The highest BCUT2D eigenvalue weighted by Gasteiger charge is 2.55. The largest absolute Gasteiger partial charge is 0.350 e. The molecule has 162 valence electrons. The zero-order valence-corrected chi connectivity index (χ0v) is 18.0. The molecule has 1 aliphatic carbocycles. The van der Waals surface area contributed by atoms with Gasteiger partial charge in [0, 0.05) is 18.3 Å². The molecule has 5 heteroatoms. The maximum Gasteiger partial charge on any atom is 0.254 e. The molecule has 0 unspecified atom stereocenters. The van der Waals surface area contributed by atoms with Crippen LogP contribution in [-0.2, 0) is 17.9 Å². The number of hydrogen-bond acceptors (Lipinski definition) is 3. The molecule has 5 nitrogen and oxygen atoms in total. The van der Waals surface area contributed by atoms with Crippen LogP contribution in [0.3, 0.4) is 0 Å². The molecule has 2 amide bonds. The van der Waals surface area contributed by atoms with Crippen LogP contribution in [0, 0.1) is 0 Å². The number of pyridine rings is 1. The SMILES string of the molecule is O=C(NCc1ccccn1)[C@@H]1c2ccccc2C(=O)N(Cc2ccccc2)C12CCCC2. The summed E-state index contributed by atoms with van der Waals surface area (Å²) < 4.78 is 0. The molecule has 0 radical (unpaired) electrons. The number of carbonyl (C=O) groups is 2. The number of amides is 2. The van der Waals surface area contributed by atoms with Gasteiger partial charge in [-0.25, -0.2) is 0 Å². The van der Waals surface area contributed by atoms with Gasteiger partial charge in [-0.2, -0.15) is 0 Å². The second-order valence-corrected chi connectivity index (χ2v) is 8.75. The molecule has 1 fully saturated rings. The van der Waals surface area contributed by atoms with Crippen LogP contribution < -0.4 is 5.32 Å². The number of nitrogens with zero attached hydrogens (tertiary/aromatic N) is 2. The van der Waals surface area contributed by atoms with Gasteiger partial charge in [-0.3, -0.25) is 14.6 Å². The second-order valence-electron chi connectivity index (χ2n) is 8.75. The highest BCUT2D eigenvalue weighted by molar-refractivity contribution is 6.02. The van der Waals surface area contributed by atoms with Gasteiger partial charge in [0.1, 0.15) is 0 Å². The van der Waals surface area contributed by atoms with E-state index in [0.29, 0.717) is 18.7 Å². The smallest absolute Gasteiger partial charge is 0.254 e. The summed E-state index contributed by atoms with van der Waals surface area (Å²) in [5, 5.41) is 3.12. The fourth-order valence-corrected chi connectivity index (χ4v) is 5.45. The average molecular weight is 426 g/mol. The van der Waals surface area contributed by atoms with Gasteiger partial charge in [-0.05, 0) is 42.2 Å². The van der Waals surface area contributed by atoms with E-state index in [1.165, 1.54) is 0 Å². The highest BCUT2D eigenvalue weighted by atomic mass is 16.2. The van der Waals surface area contributed by atoms with Crippen LogP contribution >= 0.6 is 0 Å². The van der Waals surface area contributed by atoms with Crippen molar-refractivity contribution in [3.63, 3.8) is 0 Å². The topological polar surface area (TPSA) is 62.3 Å². The number of carbonyl (C=O) groups excluding carboxylic acids is 2. The van der Waals surface area contributed by atoms with Crippen molar-refractivity contribution in [3.8, 4) is 0 Å². The van der Waals surface area contributed by atoms with Crippen LogP contribution in [0.2, 0.25) is 0 Å². The van der Waals surface area contributed by atoms with Crippen LogP contribution in [0.1, 0.15) is 58.8 Å². The van der Waals surface area contributed by atoms with E-state index < -0.39 is 11.5 Å². The lowest BCUT2D eigenvalue weighted by Crippen LogP contribution is -2.60. The van der Waals surface area contributed by atoms with Crippen molar-refractivity contribution in [2.75, 3.05) is 0 Å². The van der Waals surface area contributed by atoms with Crippen LogP contribution in [0.25, 0.3) is 0 Å². The van der Waals surface area contributed by atoms with E-state index in [1.54, 1.807) is 6.20 Å². The van der Waals surface area contributed by atoms with Crippen LogP contribution in [0.4, 0.5) is 0 Å². The van der Waals surface area contributed by atoms with Crippen molar-refractivity contribution >= 4 is 11.8 Å². The average Bonchev–Trinajstić information content (AvgIpc) is 3.32. The van der Waals surface area contributed by atoms with Gasteiger partial charge >= 0.3 is 0 Å². The van der Waals surface area contributed by atoms with Gasteiger partial charge in [0.15, 0.2) is 0 Å². The number of benzene rings is 2. The van der Waals surface area contributed by atoms with Crippen molar-refractivity contribution in [2.45, 2.75) is 50.2 Å². The maximum atomic E-state index is 13.7. The fraction of sp³-hybridized carbons (Fsp3) is 0.296. The lowest BCUT2D eigenvalue weighted by molar-refractivity contribution is -0.126. The van der Waals surface area contributed by atoms with Crippen molar-refractivity contribution in [1.82, 2.24) is 15.2 Å². The fourth-order valence-electron chi connectivity index (χ4n) is 5.45. The Bertz CT molecular complexity index is 1110. The summed E-state index contributed by atoms with van der Waals surface area (Å²) >= 11 is 0. The van der Waals surface area contributed by atoms with E-state index in [9.17, 15) is 9.59 Å². The van der Waals surface area contributed by atoms with Crippen molar-refractivity contribution in [2.24, 2.45) is 0 Å². The van der Waals surface area contributed by atoms with Crippen molar-refractivity contribution < 1.29 is 9.59 Å². The first-order chi connectivity index (χ1) is 15.7. The molecule has 2 aliphatic rings.